The monoisotopic (exact) mass is 959 g/mol. The zero-order valence-corrected chi connectivity index (χ0v) is 45.2. The summed E-state index contributed by atoms with van der Waals surface area (Å²) in [5.74, 6) is 0. The summed E-state index contributed by atoms with van der Waals surface area (Å²) >= 11 is 0. The maximum Gasteiger partial charge on any atom is 2.00 e. The standard InChI is InChI=1S/2C28H44O3S.Ca/c2*1-3-5-7-9-11-13-15-17-24-19-20-25-21-22-26(32(29,30)31)23-28(25)27(24)18-16-14-12-10-8-6-4-2;/h2*19-23H,3-18H2,1-2H3,(H,29,30,31);/q;;+2/p-2. The third-order valence-electron chi connectivity index (χ3n) is 13.1. The number of hydrogen-bond donors (Lipinski definition) is 0. The molecule has 6 nitrogen and oxygen atoms in total. The molecule has 0 saturated carbocycles. The third kappa shape index (κ3) is 23.6. The van der Waals surface area contributed by atoms with Gasteiger partial charge in [0.2, 0.25) is 0 Å². The topological polar surface area (TPSA) is 114 Å². The minimum atomic E-state index is -4.44. The molecule has 0 heterocycles. The molecule has 0 unspecified atom stereocenters. The van der Waals surface area contributed by atoms with Gasteiger partial charge < -0.3 is 9.11 Å². The average Bonchev–Trinajstić information content (AvgIpc) is 3.27. The number of benzene rings is 4. The second-order valence-electron chi connectivity index (χ2n) is 18.6. The first-order valence-corrected chi connectivity index (χ1v) is 28.8. The Morgan fingerprint density at radius 3 is 0.862 bits per heavy atom. The fraction of sp³-hybridized carbons (Fsp3) is 0.643. The molecule has 0 fully saturated rings. The van der Waals surface area contributed by atoms with E-state index in [-0.39, 0.29) is 47.5 Å². The molecule has 65 heavy (non-hydrogen) atoms. The summed E-state index contributed by atoms with van der Waals surface area (Å²) in [4.78, 5) is -0.224. The quantitative estimate of drug-likeness (QED) is 0.0262. The van der Waals surface area contributed by atoms with Crippen LogP contribution in [-0.2, 0) is 45.9 Å². The Morgan fingerprint density at radius 1 is 0.338 bits per heavy atom. The molecule has 4 rings (SSSR count). The van der Waals surface area contributed by atoms with Crippen LogP contribution in [0.3, 0.4) is 0 Å². The summed E-state index contributed by atoms with van der Waals surface area (Å²) in [7, 11) is -8.89. The Balaban J connectivity index is 0.000000440. The molecule has 9 heteroatoms. The maximum atomic E-state index is 11.6. The van der Waals surface area contributed by atoms with Gasteiger partial charge in [-0.15, -0.1) is 0 Å². The molecule has 0 amide bonds. The number of unbranched alkanes of at least 4 members (excludes halogenated alkanes) is 24. The van der Waals surface area contributed by atoms with Crippen LogP contribution in [0.2, 0.25) is 0 Å². The normalized spacial score (nSPS) is 11.8. The zero-order chi connectivity index (χ0) is 46.5. The minimum Gasteiger partial charge on any atom is -0.744 e. The SMILES string of the molecule is CCCCCCCCCc1ccc2ccc(S(=O)(=O)[O-])cc2c1CCCCCCCCC.CCCCCCCCCc1ccc2ccc(S(=O)(=O)[O-])cc2c1CCCCCCCCC.[Ca+2]. The van der Waals surface area contributed by atoms with Crippen LogP contribution in [0.25, 0.3) is 21.5 Å². The molecule has 0 N–H and O–H groups in total. The van der Waals surface area contributed by atoms with Crippen molar-refractivity contribution in [1.29, 1.82) is 0 Å². The van der Waals surface area contributed by atoms with Gasteiger partial charge in [0.25, 0.3) is 0 Å². The minimum absolute atomic E-state index is 0. The first-order valence-electron chi connectivity index (χ1n) is 25.9. The molecular weight excluding hydrogens is 873 g/mol. The molecule has 360 valence electrons. The van der Waals surface area contributed by atoms with Crippen LogP contribution in [0.1, 0.15) is 230 Å². The van der Waals surface area contributed by atoms with Crippen LogP contribution in [0.5, 0.6) is 0 Å². The summed E-state index contributed by atoms with van der Waals surface area (Å²) in [6.07, 6.45) is 39.5. The van der Waals surface area contributed by atoms with Crippen molar-refractivity contribution >= 4 is 79.5 Å². The number of aryl methyl sites for hydroxylation is 4. The van der Waals surface area contributed by atoms with Crippen LogP contribution in [0.15, 0.2) is 70.5 Å². The van der Waals surface area contributed by atoms with Crippen molar-refractivity contribution in [2.75, 3.05) is 0 Å². The molecule has 0 radical (unpaired) electrons. The van der Waals surface area contributed by atoms with E-state index in [9.17, 15) is 25.9 Å². The zero-order valence-electron chi connectivity index (χ0n) is 41.4. The van der Waals surface area contributed by atoms with Gasteiger partial charge in [0.1, 0.15) is 20.2 Å². The van der Waals surface area contributed by atoms with E-state index in [1.165, 1.54) is 201 Å². The summed E-state index contributed by atoms with van der Waals surface area (Å²) in [6.45, 7) is 8.97. The van der Waals surface area contributed by atoms with Gasteiger partial charge in [0.15, 0.2) is 0 Å². The van der Waals surface area contributed by atoms with Gasteiger partial charge in [-0.1, -0.05) is 218 Å². The summed E-state index contributed by atoms with van der Waals surface area (Å²) in [5, 5.41) is 3.96. The Morgan fingerprint density at radius 2 is 0.585 bits per heavy atom. The third-order valence-corrected chi connectivity index (χ3v) is 14.8. The Labute approximate surface area is 427 Å². The van der Waals surface area contributed by atoms with Crippen molar-refractivity contribution in [2.45, 2.75) is 243 Å². The van der Waals surface area contributed by atoms with Crippen molar-refractivity contribution in [1.82, 2.24) is 0 Å². The number of fused-ring (bicyclic) bond motifs is 2. The summed E-state index contributed by atoms with van der Waals surface area (Å²) in [5.41, 5.74) is 5.18. The predicted octanol–water partition coefficient (Wildman–Crippen LogP) is 16.3. The van der Waals surface area contributed by atoms with E-state index in [4.69, 9.17) is 0 Å². The predicted molar refractivity (Wildman–Crippen MR) is 276 cm³/mol. The maximum absolute atomic E-state index is 11.6. The van der Waals surface area contributed by atoms with Crippen LogP contribution in [0.4, 0.5) is 0 Å². The second-order valence-corrected chi connectivity index (χ2v) is 21.3. The molecule has 0 spiro atoms. The fourth-order valence-electron chi connectivity index (χ4n) is 9.24. The van der Waals surface area contributed by atoms with Crippen molar-refractivity contribution in [3.05, 3.63) is 82.9 Å². The van der Waals surface area contributed by atoms with Gasteiger partial charge in [0, 0.05) is 0 Å². The summed E-state index contributed by atoms with van der Waals surface area (Å²) < 4.78 is 69.7. The molecule has 0 aliphatic heterocycles. The van der Waals surface area contributed by atoms with Crippen LogP contribution in [0, 0.1) is 0 Å². The van der Waals surface area contributed by atoms with Crippen LogP contribution < -0.4 is 0 Å². The molecule has 4 aromatic carbocycles. The largest absolute Gasteiger partial charge is 2.00 e. The van der Waals surface area contributed by atoms with Gasteiger partial charge in [-0.25, -0.2) is 16.8 Å². The second kappa shape index (κ2) is 34.7. The Bertz CT molecular complexity index is 1960. The van der Waals surface area contributed by atoms with Crippen molar-refractivity contribution in [3.63, 3.8) is 0 Å². The molecule has 0 bridgehead atoms. The first-order chi connectivity index (χ1) is 30.9. The van der Waals surface area contributed by atoms with Gasteiger partial charge in [-0.3, -0.25) is 0 Å². The fourth-order valence-corrected chi connectivity index (χ4v) is 10.2. The smallest absolute Gasteiger partial charge is 0.744 e. The molecular formula is C56H86CaO6S2. The molecule has 4 aromatic rings. The van der Waals surface area contributed by atoms with Crippen molar-refractivity contribution in [3.8, 4) is 0 Å². The first kappa shape index (κ1) is 59.6. The molecule has 0 aliphatic rings. The molecule has 0 atom stereocenters. The van der Waals surface area contributed by atoms with Gasteiger partial charge >= 0.3 is 37.7 Å². The molecule has 0 aromatic heterocycles. The number of hydrogen-bond acceptors (Lipinski definition) is 6. The van der Waals surface area contributed by atoms with E-state index in [1.807, 2.05) is 0 Å². The van der Waals surface area contributed by atoms with E-state index in [2.05, 4.69) is 52.0 Å². The van der Waals surface area contributed by atoms with E-state index in [0.29, 0.717) is 0 Å². The van der Waals surface area contributed by atoms with E-state index < -0.39 is 20.2 Å². The van der Waals surface area contributed by atoms with Gasteiger partial charge in [0.05, 0.1) is 9.79 Å². The van der Waals surface area contributed by atoms with Crippen molar-refractivity contribution < 1.29 is 25.9 Å². The molecule has 0 aliphatic carbocycles. The van der Waals surface area contributed by atoms with E-state index in [1.54, 1.807) is 24.3 Å². The van der Waals surface area contributed by atoms with E-state index in [0.717, 1.165) is 60.1 Å². The van der Waals surface area contributed by atoms with Gasteiger partial charge in [-0.05, 0) is 119 Å². The van der Waals surface area contributed by atoms with Gasteiger partial charge in [-0.2, -0.15) is 0 Å². The average molecular weight is 960 g/mol. The Kier molecular flexibility index (Phi) is 31.8. The Hall–Kier alpha value is -1.52. The van der Waals surface area contributed by atoms with Crippen LogP contribution in [-0.4, -0.2) is 63.7 Å². The van der Waals surface area contributed by atoms with Crippen molar-refractivity contribution in [2.24, 2.45) is 0 Å². The number of rotatable bonds is 34. The van der Waals surface area contributed by atoms with E-state index >= 15 is 0 Å². The van der Waals surface area contributed by atoms with Crippen LogP contribution >= 0.6 is 0 Å². The summed E-state index contributed by atoms with van der Waals surface area (Å²) in [6, 6.07) is 18.3. The molecule has 0 saturated heterocycles.